The zero-order valence-corrected chi connectivity index (χ0v) is 9.64. The quantitative estimate of drug-likeness (QED) is 0.709. The molecule has 0 saturated carbocycles. The Labute approximate surface area is 83.3 Å². The minimum atomic E-state index is 0.755. The lowest BCUT2D eigenvalue weighted by Crippen LogP contribution is -2.47. The summed E-state index contributed by atoms with van der Waals surface area (Å²) < 4.78 is 0. The molecule has 1 aliphatic rings. The summed E-state index contributed by atoms with van der Waals surface area (Å²) >= 11 is 0. The summed E-state index contributed by atoms with van der Waals surface area (Å²) in [6, 6.07) is 0.755. The van der Waals surface area contributed by atoms with Gasteiger partial charge in [-0.05, 0) is 30.7 Å². The van der Waals surface area contributed by atoms with E-state index in [9.17, 15) is 0 Å². The Kier molecular flexibility index (Phi) is 4.24. The van der Waals surface area contributed by atoms with Gasteiger partial charge >= 0.3 is 0 Å². The summed E-state index contributed by atoms with van der Waals surface area (Å²) in [5.41, 5.74) is 0. The first kappa shape index (κ1) is 11.0. The van der Waals surface area contributed by atoms with Gasteiger partial charge in [0.25, 0.3) is 0 Å². The minimum Gasteiger partial charge on any atom is -0.313 e. The first-order valence-corrected chi connectivity index (χ1v) is 5.90. The molecule has 0 spiro atoms. The lowest BCUT2D eigenvalue weighted by atomic mass is 9.76. The highest BCUT2D eigenvalue weighted by Gasteiger charge is 2.30. The van der Waals surface area contributed by atoms with Gasteiger partial charge in [0, 0.05) is 6.04 Å². The zero-order valence-electron chi connectivity index (χ0n) is 9.64. The van der Waals surface area contributed by atoms with Crippen LogP contribution in [0.5, 0.6) is 0 Å². The highest BCUT2D eigenvalue weighted by molar-refractivity contribution is 4.85. The van der Waals surface area contributed by atoms with E-state index in [1.54, 1.807) is 0 Å². The van der Waals surface area contributed by atoms with Gasteiger partial charge in [0.15, 0.2) is 0 Å². The fourth-order valence-electron chi connectivity index (χ4n) is 2.80. The van der Waals surface area contributed by atoms with E-state index in [0.717, 1.165) is 23.8 Å². The van der Waals surface area contributed by atoms with Crippen molar-refractivity contribution in [2.24, 2.45) is 17.8 Å². The second-order valence-corrected chi connectivity index (χ2v) is 4.92. The number of hydrogen-bond donors (Lipinski definition) is 1. The number of rotatable bonds is 3. The van der Waals surface area contributed by atoms with Crippen LogP contribution >= 0.6 is 0 Å². The SMILES string of the molecule is CCCC1CCNC(C(C)C)C1C. The van der Waals surface area contributed by atoms with Crippen LogP contribution in [-0.2, 0) is 0 Å². The Bertz CT molecular complexity index is 140. The van der Waals surface area contributed by atoms with Crippen LogP contribution in [0.4, 0.5) is 0 Å². The van der Waals surface area contributed by atoms with Gasteiger partial charge < -0.3 is 5.32 Å². The average Bonchev–Trinajstić information content (AvgIpc) is 2.08. The van der Waals surface area contributed by atoms with Crippen molar-refractivity contribution in [3.05, 3.63) is 0 Å². The van der Waals surface area contributed by atoms with Crippen molar-refractivity contribution in [1.29, 1.82) is 0 Å². The number of nitrogens with one attached hydrogen (secondary N) is 1. The molecule has 1 nitrogen and oxygen atoms in total. The molecule has 1 aliphatic heterocycles. The van der Waals surface area contributed by atoms with Crippen LogP contribution in [0.1, 0.15) is 47.0 Å². The van der Waals surface area contributed by atoms with E-state index in [2.05, 4.69) is 33.0 Å². The molecule has 1 rings (SSSR count). The van der Waals surface area contributed by atoms with Crippen molar-refractivity contribution in [2.75, 3.05) is 6.54 Å². The normalized spacial score (nSPS) is 35.3. The molecule has 0 aliphatic carbocycles. The van der Waals surface area contributed by atoms with Gasteiger partial charge in [0.05, 0.1) is 0 Å². The molecular weight excluding hydrogens is 158 g/mol. The van der Waals surface area contributed by atoms with E-state index >= 15 is 0 Å². The topological polar surface area (TPSA) is 12.0 Å². The summed E-state index contributed by atoms with van der Waals surface area (Å²) in [6.45, 7) is 10.6. The Morgan fingerprint density at radius 1 is 1.38 bits per heavy atom. The second kappa shape index (κ2) is 4.99. The molecule has 0 bridgehead atoms. The van der Waals surface area contributed by atoms with Crippen molar-refractivity contribution >= 4 is 0 Å². The van der Waals surface area contributed by atoms with E-state index in [4.69, 9.17) is 0 Å². The third kappa shape index (κ3) is 2.70. The van der Waals surface area contributed by atoms with Crippen LogP contribution in [0, 0.1) is 17.8 Å². The van der Waals surface area contributed by atoms with E-state index in [1.807, 2.05) is 0 Å². The summed E-state index contributed by atoms with van der Waals surface area (Å²) in [7, 11) is 0. The molecule has 0 aromatic carbocycles. The molecule has 1 N–H and O–H groups in total. The standard InChI is InChI=1S/C12H25N/c1-5-6-11-7-8-13-12(9(2)3)10(11)4/h9-13H,5-8H2,1-4H3. The van der Waals surface area contributed by atoms with E-state index in [0.29, 0.717) is 0 Å². The monoisotopic (exact) mass is 183 g/mol. The van der Waals surface area contributed by atoms with Crippen LogP contribution in [-0.4, -0.2) is 12.6 Å². The summed E-state index contributed by atoms with van der Waals surface area (Å²) in [5.74, 6) is 2.63. The van der Waals surface area contributed by atoms with Crippen LogP contribution in [0.3, 0.4) is 0 Å². The van der Waals surface area contributed by atoms with E-state index in [-0.39, 0.29) is 0 Å². The van der Waals surface area contributed by atoms with Gasteiger partial charge in [-0.25, -0.2) is 0 Å². The highest BCUT2D eigenvalue weighted by Crippen LogP contribution is 2.30. The molecule has 3 atom stereocenters. The predicted molar refractivity (Wildman–Crippen MR) is 58.8 cm³/mol. The fraction of sp³-hybridized carbons (Fsp3) is 1.00. The maximum atomic E-state index is 3.66. The Morgan fingerprint density at radius 2 is 2.08 bits per heavy atom. The van der Waals surface area contributed by atoms with Crippen molar-refractivity contribution < 1.29 is 0 Å². The summed E-state index contributed by atoms with van der Waals surface area (Å²) in [5, 5.41) is 3.66. The molecule has 1 fully saturated rings. The molecule has 0 aromatic heterocycles. The van der Waals surface area contributed by atoms with Gasteiger partial charge in [0.1, 0.15) is 0 Å². The lowest BCUT2D eigenvalue weighted by Gasteiger charge is -2.39. The van der Waals surface area contributed by atoms with Crippen molar-refractivity contribution in [2.45, 2.75) is 53.0 Å². The van der Waals surface area contributed by atoms with Crippen LogP contribution in [0.25, 0.3) is 0 Å². The molecule has 0 radical (unpaired) electrons. The average molecular weight is 183 g/mol. The van der Waals surface area contributed by atoms with Crippen molar-refractivity contribution in [3.8, 4) is 0 Å². The smallest absolute Gasteiger partial charge is 0.0118 e. The fourth-order valence-corrected chi connectivity index (χ4v) is 2.80. The van der Waals surface area contributed by atoms with Crippen LogP contribution < -0.4 is 5.32 Å². The van der Waals surface area contributed by atoms with Gasteiger partial charge in [-0.2, -0.15) is 0 Å². The Hall–Kier alpha value is -0.0400. The third-order valence-corrected chi connectivity index (χ3v) is 3.58. The van der Waals surface area contributed by atoms with Gasteiger partial charge in [-0.15, -0.1) is 0 Å². The molecule has 13 heavy (non-hydrogen) atoms. The lowest BCUT2D eigenvalue weighted by molar-refractivity contribution is 0.159. The Balaban J connectivity index is 2.49. The molecule has 0 amide bonds. The second-order valence-electron chi connectivity index (χ2n) is 4.92. The van der Waals surface area contributed by atoms with E-state index in [1.165, 1.54) is 25.8 Å². The first-order valence-electron chi connectivity index (χ1n) is 5.90. The molecular formula is C12H25N. The molecule has 3 unspecified atom stereocenters. The van der Waals surface area contributed by atoms with Gasteiger partial charge in [-0.3, -0.25) is 0 Å². The van der Waals surface area contributed by atoms with Crippen LogP contribution in [0.2, 0.25) is 0 Å². The molecule has 78 valence electrons. The Morgan fingerprint density at radius 3 is 2.62 bits per heavy atom. The van der Waals surface area contributed by atoms with Gasteiger partial charge in [0.2, 0.25) is 0 Å². The van der Waals surface area contributed by atoms with Crippen molar-refractivity contribution in [1.82, 2.24) is 5.32 Å². The molecule has 1 heteroatoms. The summed E-state index contributed by atoms with van der Waals surface area (Å²) in [6.07, 6.45) is 4.16. The summed E-state index contributed by atoms with van der Waals surface area (Å²) in [4.78, 5) is 0. The molecule has 1 heterocycles. The maximum Gasteiger partial charge on any atom is 0.0118 e. The predicted octanol–water partition coefficient (Wildman–Crippen LogP) is 3.06. The number of piperidine rings is 1. The zero-order chi connectivity index (χ0) is 9.84. The van der Waals surface area contributed by atoms with E-state index < -0.39 is 0 Å². The molecule has 1 saturated heterocycles. The highest BCUT2D eigenvalue weighted by atomic mass is 14.9. The van der Waals surface area contributed by atoms with Crippen LogP contribution in [0.15, 0.2) is 0 Å². The molecule has 0 aromatic rings. The minimum absolute atomic E-state index is 0.755. The largest absolute Gasteiger partial charge is 0.313 e. The van der Waals surface area contributed by atoms with Crippen molar-refractivity contribution in [3.63, 3.8) is 0 Å². The first-order chi connectivity index (χ1) is 6.16. The third-order valence-electron chi connectivity index (χ3n) is 3.58. The number of hydrogen-bond acceptors (Lipinski definition) is 1. The van der Waals surface area contributed by atoms with Gasteiger partial charge in [-0.1, -0.05) is 40.5 Å². The maximum absolute atomic E-state index is 3.66.